The third-order valence-corrected chi connectivity index (χ3v) is 1.93. The van der Waals surface area contributed by atoms with Crippen LogP contribution in [0.15, 0.2) is 24.5 Å². The lowest BCUT2D eigenvalue weighted by molar-refractivity contribution is 0.479. The molecule has 0 unspecified atom stereocenters. The minimum Gasteiger partial charge on any atom is -0.365 e. The van der Waals surface area contributed by atoms with Gasteiger partial charge in [-0.1, -0.05) is 0 Å². The predicted molar refractivity (Wildman–Crippen MR) is 52.7 cm³/mol. The van der Waals surface area contributed by atoms with Crippen molar-refractivity contribution in [1.82, 2.24) is 4.98 Å². The van der Waals surface area contributed by atoms with Crippen LogP contribution in [0.1, 0.15) is 13.8 Å². The van der Waals surface area contributed by atoms with Crippen LogP contribution in [0.3, 0.4) is 0 Å². The Morgan fingerprint density at radius 1 is 1.54 bits per heavy atom. The standard InChI is InChI=1S/C10H15FN2/c1-9(2)13(7-5-11)10-4-3-6-12-8-10/h3-4,6,8-9H,5,7H2,1-2H3. The van der Waals surface area contributed by atoms with E-state index in [1.165, 1.54) is 0 Å². The largest absolute Gasteiger partial charge is 0.365 e. The molecule has 0 bridgehead atoms. The fraction of sp³-hybridized carbons (Fsp3) is 0.500. The van der Waals surface area contributed by atoms with Gasteiger partial charge in [-0.3, -0.25) is 4.98 Å². The van der Waals surface area contributed by atoms with Crippen LogP contribution in [0.4, 0.5) is 10.1 Å². The first-order valence-electron chi connectivity index (χ1n) is 4.48. The smallest absolute Gasteiger partial charge is 0.107 e. The number of hydrogen-bond donors (Lipinski definition) is 0. The number of rotatable bonds is 4. The van der Waals surface area contributed by atoms with E-state index in [4.69, 9.17) is 0 Å². The summed E-state index contributed by atoms with van der Waals surface area (Å²) in [6.07, 6.45) is 3.48. The highest BCUT2D eigenvalue weighted by Gasteiger charge is 2.09. The van der Waals surface area contributed by atoms with Crippen LogP contribution in [-0.2, 0) is 0 Å². The van der Waals surface area contributed by atoms with Gasteiger partial charge >= 0.3 is 0 Å². The predicted octanol–water partition coefficient (Wildman–Crippen LogP) is 2.27. The number of nitrogens with zero attached hydrogens (tertiary/aromatic N) is 2. The van der Waals surface area contributed by atoms with Gasteiger partial charge in [-0.05, 0) is 26.0 Å². The number of hydrogen-bond acceptors (Lipinski definition) is 2. The molecule has 1 aromatic heterocycles. The number of anilines is 1. The summed E-state index contributed by atoms with van der Waals surface area (Å²) in [6.45, 7) is 4.20. The lowest BCUT2D eigenvalue weighted by atomic mass is 10.2. The van der Waals surface area contributed by atoms with Crippen LogP contribution in [-0.4, -0.2) is 24.2 Å². The van der Waals surface area contributed by atoms with Crippen molar-refractivity contribution < 1.29 is 4.39 Å². The number of halogens is 1. The van der Waals surface area contributed by atoms with Crippen molar-refractivity contribution >= 4 is 5.69 Å². The molecular formula is C10H15FN2. The van der Waals surface area contributed by atoms with Gasteiger partial charge in [-0.15, -0.1) is 0 Å². The lowest BCUT2D eigenvalue weighted by Gasteiger charge is -2.27. The zero-order valence-corrected chi connectivity index (χ0v) is 8.07. The monoisotopic (exact) mass is 182 g/mol. The Labute approximate surface area is 78.4 Å². The van der Waals surface area contributed by atoms with Crippen molar-refractivity contribution in [2.75, 3.05) is 18.1 Å². The fourth-order valence-electron chi connectivity index (χ4n) is 1.30. The minimum atomic E-state index is -0.326. The Morgan fingerprint density at radius 3 is 2.77 bits per heavy atom. The molecule has 0 amide bonds. The Morgan fingerprint density at radius 2 is 2.31 bits per heavy atom. The summed E-state index contributed by atoms with van der Waals surface area (Å²) in [5.74, 6) is 0. The molecule has 0 aliphatic heterocycles. The van der Waals surface area contributed by atoms with E-state index in [-0.39, 0.29) is 6.67 Å². The summed E-state index contributed by atoms with van der Waals surface area (Å²) < 4.78 is 12.2. The van der Waals surface area contributed by atoms with Crippen LogP contribution in [0, 0.1) is 0 Å². The summed E-state index contributed by atoms with van der Waals surface area (Å²) in [4.78, 5) is 6.00. The molecule has 0 N–H and O–H groups in total. The number of alkyl halides is 1. The fourth-order valence-corrected chi connectivity index (χ4v) is 1.30. The third-order valence-electron chi connectivity index (χ3n) is 1.93. The van der Waals surface area contributed by atoms with Crippen LogP contribution in [0.25, 0.3) is 0 Å². The van der Waals surface area contributed by atoms with Crippen LogP contribution < -0.4 is 4.90 Å². The molecule has 13 heavy (non-hydrogen) atoms. The summed E-state index contributed by atoms with van der Waals surface area (Å²) in [7, 11) is 0. The molecule has 0 aliphatic rings. The van der Waals surface area contributed by atoms with E-state index in [0.717, 1.165) is 5.69 Å². The molecule has 0 radical (unpaired) electrons. The van der Waals surface area contributed by atoms with Crippen molar-refractivity contribution in [3.05, 3.63) is 24.5 Å². The molecular weight excluding hydrogens is 167 g/mol. The van der Waals surface area contributed by atoms with Crippen LogP contribution in [0.5, 0.6) is 0 Å². The Hall–Kier alpha value is -1.12. The highest BCUT2D eigenvalue weighted by molar-refractivity contribution is 5.44. The van der Waals surface area contributed by atoms with E-state index >= 15 is 0 Å². The molecule has 1 heterocycles. The zero-order chi connectivity index (χ0) is 9.68. The van der Waals surface area contributed by atoms with Gasteiger partial charge in [0.15, 0.2) is 0 Å². The molecule has 72 valence electrons. The van der Waals surface area contributed by atoms with E-state index in [9.17, 15) is 4.39 Å². The summed E-state index contributed by atoms with van der Waals surface area (Å²) in [6, 6.07) is 4.12. The maximum absolute atomic E-state index is 12.2. The lowest BCUT2D eigenvalue weighted by Crippen LogP contribution is -2.32. The summed E-state index contributed by atoms with van der Waals surface area (Å²) >= 11 is 0. The van der Waals surface area contributed by atoms with Gasteiger partial charge in [0.25, 0.3) is 0 Å². The first-order chi connectivity index (χ1) is 6.25. The van der Waals surface area contributed by atoms with E-state index < -0.39 is 0 Å². The number of aromatic nitrogens is 1. The normalized spacial score (nSPS) is 10.5. The highest BCUT2D eigenvalue weighted by atomic mass is 19.1. The second kappa shape index (κ2) is 4.80. The molecule has 3 heteroatoms. The quantitative estimate of drug-likeness (QED) is 0.710. The maximum Gasteiger partial charge on any atom is 0.107 e. The minimum absolute atomic E-state index is 0.306. The molecule has 1 aromatic rings. The summed E-state index contributed by atoms with van der Waals surface area (Å²) in [5.41, 5.74) is 0.982. The molecule has 0 atom stereocenters. The van der Waals surface area contributed by atoms with Crippen molar-refractivity contribution in [3.8, 4) is 0 Å². The average Bonchev–Trinajstić information content (AvgIpc) is 2.15. The van der Waals surface area contributed by atoms with Gasteiger partial charge in [-0.25, -0.2) is 4.39 Å². The van der Waals surface area contributed by atoms with Gasteiger partial charge in [-0.2, -0.15) is 0 Å². The number of pyridine rings is 1. The molecule has 1 rings (SSSR count). The molecule has 2 nitrogen and oxygen atoms in total. The van der Waals surface area contributed by atoms with Gasteiger partial charge in [0.1, 0.15) is 6.67 Å². The second-order valence-electron chi connectivity index (χ2n) is 3.19. The summed E-state index contributed by atoms with van der Waals surface area (Å²) in [5, 5.41) is 0. The second-order valence-corrected chi connectivity index (χ2v) is 3.19. The van der Waals surface area contributed by atoms with Crippen LogP contribution >= 0.6 is 0 Å². The third kappa shape index (κ3) is 2.68. The van der Waals surface area contributed by atoms with E-state index in [0.29, 0.717) is 12.6 Å². The topological polar surface area (TPSA) is 16.1 Å². The SMILES string of the molecule is CC(C)N(CCF)c1cccnc1. The molecule has 0 spiro atoms. The van der Waals surface area contributed by atoms with Crippen molar-refractivity contribution in [2.24, 2.45) is 0 Å². The Kier molecular flexibility index (Phi) is 3.68. The van der Waals surface area contributed by atoms with Crippen molar-refractivity contribution in [1.29, 1.82) is 0 Å². The highest BCUT2D eigenvalue weighted by Crippen LogP contribution is 2.14. The molecule has 0 saturated heterocycles. The Balaban J connectivity index is 2.76. The average molecular weight is 182 g/mol. The van der Waals surface area contributed by atoms with E-state index in [1.807, 2.05) is 30.9 Å². The first kappa shape index (κ1) is 9.96. The van der Waals surface area contributed by atoms with Gasteiger partial charge < -0.3 is 4.90 Å². The van der Waals surface area contributed by atoms with Gasteiger partial charge in [0, 0.05) is 18.8 Å². The van der Waals surface area contributed by atoms with E-state index in [1.54, 1.807) is 12.4 Å². The molecule has 0 aliphatic carbocycles. The molecule has 0 fully saturated rings. The molecule has 0 aromatic carbocycles. The zero-order valence-electron chi connectivity index (χ0n) is 8.07. The van der Waals surface area contributed by atoms with E-state index in [2.05, 4.69) is 4.98 Å². The van der Waals surface area contributed by atoms with Crippen LogP contribution in [0.2, 0.25) is 0 Å². The first-order valence-corrected chi connectivity index (χ1v) is 4.48. The van der Waals surface area contributed by atoms with Crippen molar-refractivity contribution in [2.45, 2.75) is 19.9 Å². The van der Waals surface area contributed by atoms with Gasteiger partial charge in [0.2, 0.25) is 0 Å². The Bertz CT molecular complexity index is 236. The molecule has 0 saturated carbocycles. The van der Waals surface area contributed by atoms with Crippen molar-refractivity contribution in [3.63, 3.8) is 0 Å². The van der Waals surface area contributed by atoms with Gasteiger partial charge in [0.05, 0.1) is 11.9 Å². The maximum atomic E-state index is 12.2.